The molecule has 0 spiro atoms. The zero-order valence-corrected chi connectivity index (χ0v) is 8.81. The molecule has 24 heteroatoms. The van der Waals surface area contributed by atoms with Crippen LogP contribution in [0.2, 0.25) is 0 Å². The van der Waals surface area contributed by atoms with Gasteiger partial charge in [0.1, 0.15) is 0 Å². The van der Waals surface area contributed by atoms with Gasteiger partial charge in [-0.05, 0) is 0 Å². The third-order valence-electron chi connectivity index (χ3n) is 0. The summed E-state index contributed by atoms with van der Waals surface area (Å²) in [7, 11) is -14.0. The Morgan fingerprint density at radius 2 is 0.292 bits per heavy atom. The summed E-state index contributed by atoms with van der Waals surface area (Å²) in [6.07, 6.45) is 0. The van der Waals surface area contributed by atoms with Crippen LogP contribution in [0, 0.1) is 0 Å². The predicted molar refractivity (Wildman–Crippen MR) is 107 cm³/mol. The van der Waals surface area contributed by atoms with Gasteiger partial charge in [0.2, 0.25) is 0 Å². The fourth-order valence-electron chi connectivity index (χ4n) is 0. The van der Waals surface area contributed by atoms with Gasteiger partial charge in [-0.3, -0.25) is 27.3 Å². The summed E-state index contributed by atoms with van der Waals surface area (Å²) >= 11 is 0. The minimum absolute atomic E-state index is 0. The summed E-state index contributed by atoms with van der Waals surface area (Å²) in [5, 5.41) is 0. The van der Waals surface area contributed by atoms with Crippen molar-refractivity contribution >= 4 is 297 Å². The van der Waals surface area contributed by atoms with Crippen LogP contribution < -0.4 is 0 Å². The molecule has 0 atom stereocenters. The van der Waals surface area contributed by atoms with E-state index in [0.717, 1.165) is 0 Å². The van der Waals surface area contributed by atoms with E-state index < -0.39 is 31.2 Å². The van der Waals surface area contributed by atoms with E-state index in [-0.39, 0.29) is 266 Å². The molecule has 0 rings (SSSR count). The Morgan fingerprint density at radius 3 is 0.292 bits per heavy atom. The quantitative estimate of drug-likeness (QED) is 0.132. The molecule has 0 aromatic carbocycles. The topological polar surface area (TPSA) is 224 Å². The van der Waals surface area contributed by atoms with Gasteiger partial charge in [0.05, 0.1) is 0 Å². The summed E-state index contributed by atoms with van der Waals surface area (Å²) in [4.78, 5) is 0. The average Bonchev–Trinajstić information content (AvgIpc) is 1.41. The van der Waals surface area contributed by atoms with Gasteiger partial charge in [0.15, 0.2) is 0 Å². The van der Waals surface area contributed by atoms with Crippen LogP contribution in [-0.4, -0.2) is 319 Å². The Kier molecular flexibility index (Phi) is 134. The molecule has 12 nitrogen and oxygen atoms in total. The van der Waals surface area contributed by atoms with Crippen molar-refractivity contribution in [2.75, 3.05) is 0 Å². The van der Waals surface area contributed by atoms with Crippen molar-refractivity contribution < 1.29 is 52.6 Å². The van der Waals surface area contributed by atoms with E-state index in [1.165, 1.54) is 0 Å². The molecule has 0 fully saturated rings. The van der Waals surface area contributed by atoms with Crippen molar-refractivity contribution in [3.63, 3.8) is 0 Å². The van der Waals surface area contributed by atoms with E-state index in [2.05, 4.69) is 0 Å². The molecule has 0 bridgehead atoms. The fraction of sp³-hybridized carbons (Fsp3) is 0. The van der Waals surface area contributed by atoms with Crippen LogP contribution in [0.15, 0.2) is 0 Å². The molecule has 0 aromatic heterocycles. The van der Waals surface area contributed by atoms with Crippen LogP contribution in [0.5, 0.6) is 0 Å². The molecule has 6 N–H and O–H groups in total. The Labute approximate surface area is 340 Å². The van der Waals surface area contributed by atoms with E-state index in [1.807, 2.05) is 0 Å². The molecule has 0 aliphatic carbocycles. The summed E-state index contributed by atoms with van der Waals surface area (Å²) in [5.74, 6) is 0. The van der Waals surface area contributed by atoms with Gasteiger partial charge >= 0.3 is 297 Å². The minimum atomic E-state index is -4.67. The van der Waals surface area contributed by atoms with Crippen LogP contribution >= 0.6 is 0 Å². The monoisotopic (exact) mass is 510 g/mol. The van der Waals surface area contributed by atoms with Crippen LogP contribution in [0.1, 0.15) is 0 Å². The Bertz CT molecular complexity index is 355. The van der Waals surface area contributed by atoms with E-state index in [1.54, 1.807) is 0 Å². The second-order valence-electron chi connectivity index (χ2n) is 1.34. The molecular formula is H15Na9O12S3. The zero-order chi connectivity index (χ0) is 13.5. The number of hydrogen-bond acceptors (Lipinski definition) is 6. The summed E-state index contributed by atoms with van der Waals surface area (Å²) in [6, 6.07) is 0. The third kappa shape index (κ3) is 362. The molecule has 24 heavy (non-hydrogen) atoms. The van der Waals surface area contributed by atoms with Crippen LogP contribution in [0.25, 0.3) is 0 Å². The maximum absolute atomic E-state index is 8.74. The van der Waals surface area contributed by atoms with E-state index in [4.69, 9.17) is 52.6 Å². The van der Waals surface area contributed by atoms with Gasteiger partial charge in [-0.2, -0.15) is 25.3 Å². The van der Waals surface area contributed by atoms with Crippen LogP contribution in [0.3, 0.4) is 0 Å². The van der Waals surface area contributed by atoms with E-state index >= 15 is 0 Å². The van der Waals surface area contributed by atoms with Crippen LogP contribution in [0.4, 0.5) is 0 Å². The van der Waals surface area contributed by atoms with Crippen LogP contribution in [-0.2, 0) is 31.2 Å². The average molecular weight is 510 g/mol. The first-order valence-corrected chi connectivity index (χ1v) is 6.29. The van der Waals surface area contributed by atoms with Gasteiger partial charge in [-0.15, -0.1) is 0 Å². The SMILES string of the molecule is O=S(=O)(O)O.O=S(=O)(O)O.O=S(=O)(O)O.[NaH].[NaH].[NaH].[NaH].[NaH].[NaH].[NaH].[NaH].[NaH]. The standard InChI is InChI=1S/9Na.3H2O4S.9H/c;;;;;;;;;3*1-5(2,3)4;;;;;;;;;/h;;;;;;;;;3*(H2,1,2,3,4);;;;;;;;;. The van der Waals surface area contributed by atoms with Gasteiger partial charge in [0.25, 0.3) is 0 Å². The number of hydrogen-bond donors (Lipinski definition) is 6. The van der Waals surface area contributed by atoms with Gasteiger partial charge in [-0.1, -0.05) is 0 Å². The second-order valence-corrected chi connectivity index (χ2v) is 4.03. The van der Waals surface area contributed by atoms with Crippen molar-refractivity contribution in [1.29, 1.82) is 0 Å². The van der Waals surface area contributed by atoms with Crippen molar-refractivity contribution in [1.82, 2.24) is 0 Å². The molecule has 114 valence electrons. The maximum atomic E-state index is 8.74. The summed E-state index contributed by atoms with van der Waals surface area (Å²) < 4.78 is 94.8. The third-order valence-corrected chi connectivity index (χ3v) is 0. The van der Waals surface area contributed by atoms with Crippen molar-refractivity contribution in [2.45, 2.75) is 0 Å². The van der Waals surface area contributed by atoms with Crippen molar-refractivity contribution in [3.8, 4) is 0 Å². The van der Waals surface area contributed by atoms with Gasteiger partial charge < -0.3 is 0 Å². The predicted octanol–water partition coefficient (Wildman–Crippen LogP) is -7.79. The van der Waals surface area contributed by atoms with Crippen molar-refractivity contribution in [2.24, 2.45) is 0 Å². The van der Waals surface area contributed by atoms with Gasteiger partial charge in [-0.25, -0.2) is 0 Å². The molecule has 0 aromatic rings. The van der Waals surface area contributed by atoms with Gasteiger partial charge in [0, 0.05) is 0 Å². The first-order valence-electron chi connectivity index (χ1n) is 2.10. The molecule has 0 saturated carbocycles. The zero-order valence-electron chi connectivity index (χ0n) is 6.36. The van der Waals surface area contributed by atoms with E-state index in [9.17, 15) is 0 Å². The Morgan fingerprint density at radius 1 is 0.292 bits per heavy atom. The number of rotatable bonds is 0. The molecule has 0 radical (unpaired) electrons. The first kappa shape index (κ1) is 76.7. The molecule has 0 heterocycles. The molecule has 0 amide bonds. The Balaban J connectivity index is -0.00000000758. The normalized spacial score (nSPS) is 7.25. The molecular weight excluding hydrogens is 495 g/mol. The molecule has 0 aliphatic heterocycles. The first-order chi connectivity index (χ1) is 6.00. The molecule has 0 aliphatic rings. The van der Waals surface area contributed by atoms with Crippen molar-refractivity contribution in [3.05, 3.63) is 0 Å². The second kappa shape index (κ2) is 41.8. The summed E-state index contributed by atoms with van der Waals surface area (Å²) in [5.41, 5.74) is 0. The van der Waals surface area contributed by atoms with E-state index in [0.29, 0.717) is 0 Å². The Hall–Kier alpha value is 8.61. The molecule has 0 saturated heterocycles. The summed E-state index contributed by atoms with van der Waals surface area (Å²) in [6.45, 7) is 0. The fourth-order valence-corrected chi connectivity index (χ4v) is 0. The molecule has 0 unspecified atom stereocenters.